The molecule has 8 heteroatoms. The summed E-state index contributed by atoms with van der Waals surface area (Å²) in [5.74, 6) is -0.938. The lowest BCUT2D eigenvalue weighted by molar-refractivity contribution is -0.116. The molecule has 0 radical (unpaired) electrons. The van der Waals surface area contributed by atoms with Crippen LogP contribution in [0.15, 0.2) is 54.6 Å². The van der Waals surface area contributed by atoms with Crippen LogP contribution in [0.3, 0.4) is 0 Å². The molecule has 0 atom stereocenters. The fourth-order valence-electron chi connectivity index (χ4n) is 2.48. The number of carbonyl (C=O) groups is 2. The summed E-state index contributed by atoms with van der Waals surface area (Å²) in [4.78, 5) is 24.3. The van der Waals surface area contributed by atoms with Crippen LogP contribution in [0.5, 0.6) is 0 Å². The number of esters is 1. The smallest absolute Gasteiger partial charge is 0.340 e. The molecule has 27 heavy (non-hydrogen) atoms. The van der Waals surface area contributed by atoms with Crippen molar-refractivity contribution in [2.75, 3.05) is 29.0 Å². The van der Waals surface area contributed by atoms with Gasteiger partial charge in [-0.25, -0.2) is 13.2 Å². The zero-order chi connectivity index (χ0) is 19.9. The van der Waals surface area contributed by atoms with Crippen LogP contribution in [0.4, 0.5) is 11.4 Å². The van der Waals surface area contributed by atoms with Crippen LogP contribution in [0.25, 0.3) is 0 Å². The maximum absolute atomic E-state index is 12.3. The number of anilines is 2. The molecule has 144 valence electrons. The Hall–Kier alpha value is -2.87. The van der Waals surface area contributed by atoms with Crippen molar-refractivity contribution in [1.82, 2.24) is 0 Å². The Balaban J connectivity index is 2.09. The Morgan fingerprint density at radius 3 is 2.30 bits per heavy atom. The number of benzene rings is 2. The summed E-state index contributed by atoms with van der Waals surface area (Å²) >= 11 is 0. The summed E-state index contributed by atoms with van der Waals surface area (Å²) in [6.07, 6.45) is 1.02. The second-order valence-corrected chi connectivity index (χ2v) is 7.64. The van der Waals surface area contributed by atoms with E-state index in [1.54, 1.807) is 61.5 Å². The topological polar surface area (TPSA) is 92.8 Å². The molecule has 0 unspecified atom stereocenters. The molecule has 0 saturated carbocycles. The Bertz CT molecular complexity index is 897. The molecule has 2 aromatic carbocycles. The van der Waals surface area contributed by atoms with E-state index in [-0.39, 0.29) is 25.1 Å². The average Bonchev–Trinajstić information content (AvgIpc) is 2.62. The molecule has 7 nitrogen and oxygen atoms in total. The summed E-state index contributed by atoms with van der Waals surface area (Å²) in [7, 11) is -3.54. The van der Waals surface area contributed by atoms with Crippen molar-refractivity contribution >= 4 is 33.3 Å². The van der Waals surface area contributed by atoms with Crippen LogP contribution in [-0.2, 0) is 19.6 Å². The number of amides is 1. The number of hydrogen-bond acceptors (Lipinski definition) is 5. The number of nitrogens with one attached hydrogen (secondary N) is 1. The van der Waals surface area contributed by atoms with Gasteiger partial charge in [0.25, 0.3) is 0 Å². The van der Waals surface area contributed by atoms with E-state index in [2.05, 4.69) is 5.32 Å². The van der Waals surface area contributed by atoms with Gasteiger partial charge in [-0.2, -0.15) is 0 Å². The van der Waals surface area contributed by atoms with E-state index >= 15 is 0 Å². The molecule has 1 amide bonds. The summed E-state index contributed by atoms with van der Waals surface area (Å²) < 4.78 is 30.2. The Morgan fingerprint density at radius 2 is 1.67 bits per heavy atom. The van der Waals surface area contributed by atoms with Crippen molar-refractivity contribution in [3.63, 3.8) is 0 Å². The van der Waals surface area contributed by atoms with Gasteiger partial charge < -0.3 is 10.1 Å². The predicted octanol–water partition coefficient (Wildman–Crippen LogP) is 2.66. The highest BCUT2D eigenvalue weighted by Crippen LogP contribution is 2.19. The third kappa shape index (κ3) is 5.82. The van der Waals surface area contributed by atoms with Gasteiger partial charge in [-0.3, -0.25) is 9.10 Å². The van der Waals surface area contributed by atoms with Crippen LogP contribution in [-0.4, -0.2) is 39.7 Å². The number of rotatable bonds is 8. The van der Waals surface area contributed by atoms with Crippen LogP contribution < -0.4 is 9.62 Å². The second-order valence-electron chi connectivity index (χ2n) is 5.73. The Morgan fingerprint density at radius 1 is 1.04 bits per heavy atom. The third-order valence-electron chi connectivity index (χ3n) is 3.68. The number of sulfonamides is 1. The van der Waals surface area contributed by atoms with Gasteiger partial charge in [0, 0.05) is 13.0 Å². The van der Waals surface area contributed by atoms with Crippen LogP contribution in [0.1, 0.15) is 23.7 Å². The minimum absolute atomic E-state index is 0.0176. The molecule has 0 heterocycles. The van der Waals surface area contributed by atoms with Gasteiger partial charge in [-0.1, -0.05) is 30.3 Å². The summed E-state index contributed by atoms with van der Waals surface area (Å²) in [5, 5.41) is 2.65. The van der Waals surface area contributed by atoms with Crippen LogP contribution in [0.2, 0.25) is 0 Å². The number of para-hydroxylation sites is 2. The summed E-state index contributed by atoms with van der Waals surface area (Å²) in [6, 6.07) is 15.1. The van der Waals surface area contributed by atoms with Gasteiger partial charge in [-0.15, -0.1) is 0 Å². The van der Waals surface area contributed by atoms with Gasteiger partial charge in [-0.05, 0) is 31.2 Å². The van der Waals surface area contributed by atoms with E-state index in [0.717, 1.165) is 6.26 Å². The maximum Gasteiger partial charge on any atom is 0.340 e. The van der Waals surface area contributed by atoms with E-state index in [1.807, 2.05) is 0 Å². The van der Waals surface area contributed by atoms with E-state index in [1.165, 1.54) is 4.31 Å². The number of ether oxygens (including phenoxy) is 1. The molecule has 2 rings (SSSR count). The molecular formula is C19H22N2O5S. The van der Waals surface area contributed by atoms with E-state index in [9.17, 15) is 18.0 Å². The van der Waals surface area contributed by atoms with Gasteiger partial charge in [0.2, 0.25) is 15.9 Å². The van der Waals surface area contributed by atoms with Gasteiger partial charge in [0.15, 0.2) is 0 Å². The highest BCUT2D eigenvalue weighted by Gasteiger charge is 2.19. The predicted molar refractivity (Wildman–Crippen MR) is 104 cm³/mol. The number of nitrogens with zero attached hydrogens (tertiary/aromatic N) is 1. The molecule has 0 spiro atoms. The fourth-order valence-corrected chi connectivity index (χ4v) is 3.40. The van der Waals surface area contributed by atoms with Gasteiger partial charge >= 0.3 is 5.97 Å². The minimum atomic E-state index is -3.54. The van der Waals surface area contributed by atoms with Gasteiger partial charge in [0.1, 0.15) is 0 Å². The lowest BCUT2D eigenvalue weighted by Gasteiger charge is -2.22. The zero-order valence-electron chi connectivity index (χ0n) is 15.2. The minimum Gasteiger partial charge on any atom is -0.462 e. The zero-order valence-corrected chi connectivity index (χ0v) is 16.0. The van der Waals surface area contributed by atoms with E-state index in [4.69, 9.17) is 4.74 Å². The van der Waals surface area contributed by atoms with E-state index in [0.29, 0.717) is 11.4 Å². The van der Waals surface area contributed by atoms with E-state index < -0.39 is 21.9 Å². The first-order valence-corrected chi connectivity index (χ1v) is 10.3. The quantitative estimate of drug-likeness (QED) is 0.700. The normalized spacial score (nSPS) is 10.9. The monoisotopic (exact) mass is 390 g/mol. The molecule has 0 saturated heterocycles. The molecule has 0 aliphatic rings. The average molecular weight is 390 g/mol. The van der Waals surface area contributed by atoms with Crippen molar-refractivity contribution in [3.05, 3.63) is 60.2 Å². The van der Waals surface area contributed by atoms with Crippen molar-refractivity contribution in [2.45, 2.75) is 13.3 Å². The molecule has 0 fully saturated rings. The standard InChI is InChI=1S/C19H22N2O5S/c1-3-26-19(23)16-11-7-8-12-17(16)20-18(22)13-14-21(27(2,24)25)15-9-5-4-6-10-15/h4-12H,3,13-14H2,1-2H3,(H,20,22). The first-order chi connectivity index (χ1) is 12.8. The van der Waals surface area contributed by atoms with Crippen molar-refractivity contribution in [1.29, 1.82) is 0 Å². The molecule has 0 aliphatic heterocycles. The van der Waals surface area contributed by atoms with Crippen molar-refractivity contribution in [3.8, 4) is 0 Å². The Labute approximate surface area is 159 Å². The molecule has 0 aliphatic carbocycles. The Kier molecular flexibility index (Phi) is 6.95. The maximum atomic E-state index is 12.3. The summed E-state index contributed by atoms with van der Waals surface area (Å²) in [6.45, 7) is 1.90. The molecular weight excluding hydrogens is 368 g/mol. The fraction of sp³-hybridized carbons (Fsp3) is 0.263. The molecule has 0 bridgehead atoms. The van der Waals surface area contributed by atoms with Crippen molar-refractivity contribution in [2.24, 2.45) is 0 Å². The first-order valence-electron chi connectivity index (χ1n) is 8.41. The lowest BCUT2D eigenvalue weighted by atomic mass is 10.1. The highest BCUT2D eigenvalue weighted by atomic mass is 32.2. The first kappa shape index (κ1) is 20.4. The lowest BCUT2D eigenvalue weighted by Crippen LogP contribution is -2.33. The highest BCUT2D eigenvalue weighted by molar-refractivity contribution is 7.92. The molecule has 1 N–H and O–H groups in total. The third-order valence-corrected chi connectivity index (χ3v) is 4.88. The number of hydrogen-bond donors (Lipinski definition) is 1. The number of carbonyl (C=O) groups excluding carboxylic acids is 2. The largest absolute Gasteiger partial charge is 0.462 e. The van der Waals surface area contributed by atoms with Crippen LogP contribution in [0, 0.1) is 0 Å². The van der Waals surface area contributed by atoms with Crippen molar-refractivity contribution < 1.29 is 22.7 Å². The molecule has 0 aromatic heterocycles. The second kappa shape index (κ2) is 9.18. The molecule has 2 aromatic rings. The SMILES string of the molecule is CCOC(=O)c1ccccc1NC(=O)CCN(c1ccccc1)S(C)(=O)=O. The van der Waals surface area contributed by atoms with Gasteiger partial charge in [0.05, 0.1) is 29.8 Å². The van der Waals surface area contributed by atoms with Crippen LogP contribution >= 0.6 is 0 Å². The summed E-state index contributed by atoms with van der Waals surface area (Å²) in [5.41, 5.74) is 1.06.